The van der Waals surface area contributed by atoms with Crippen LogP contribution in [0.1, 0.15) is 18.9 Å². The van der Waals surface area contributed by atoms with E-state index in [1.165, 1.54) is 5.56 Å². The molecule has 0 spiro atoms. The zero-order chi connectivity index (χ0) is 13.7. The third kappa shape index (κ3) is 5.12. The van der Waals surface area contributed by atoms with Crippen molar-refractivity contribution >= 4 is 18.3 Å². The van der Waals surface area contributed by atoms with Gasteiger partial charge in [0.1, 0.15) is 0 Å². The quantitative estimate of drug-likeness (QED) is 0.919. The first-order valence-corrected chi connectivity index (χ1v) is 6.84. The molecule has 20 heavy (non-hydrogen) atoms. The van der Waals surface area contributed by atoms with Gasteiger partial charge in [-0.2, -0.15) is 0 Å². The molecule has 1 aliphatic heterocycles. The van der Waals surface area contributed by atoms with E-state index in [0.717, 1.165) is 6.42 Å². The third-order valence-corrected chi connectivity index (χ3v) is 3.29. The van der Waals surface area contributed by atoms with Gasteiger partial charge in [0.05, 0.1) is 12.7 Å². The Morgan fingerprint density at radius 1 is 1.45 bits per heavy atom. The molecule has 2 rings (SSSR count). The Balaban J connectivity index is 0.00000200. The Morgan fingerprint density at radius 2 is 2.15 bits per heavy atom. The van der Waals surface area contributed by atoms with Crippen LogP contribution in [0.2, 0.25) is 0 Å². The summed E-state index contributed by atoms with van der Waals surface area (Å²) in [5.41, 5.74) is 6.92. The SMILES string of the molecule is CC(N)CC(=O)N1CCOC(Cc2ccccc2)C1.Cl. The van der Waals surface area contributed by atoms with Crippen LogP contribution >= 0.6 is 12.4 Å². The zero-order valence-electron chi connectivity index (χ0n) is 11.8. The summed E-state index contributed by atoms with van der Waals surface area (Å²) in [6, 6.07) is 10.2. The molecule has 2 N–H and O–H groups in total. The molecule has 1 fully saturated rings. The predicted octanol–water partition coefficient (Wildman–Crippen LogP) is 1.62. The fourth-order valence-corrected chi connectivity index (χ4v) is 2.35. The number of carbonyl (C=O) groups excluding carboxylic acids is 1. The maximum atomic E-state index is 12.0. The number of rotatable bonds is 4. The average Bonchev–Trinajstić information content (AvgIpc) is 2.39. The summed E-state index contributed by atoms with van der Waals surface area (Å²) in [6.45, 7) is 3.82. The van der Waals surface area contributed by atoms with Crippen molar-refractivity contribution in [3.05, 3.63) is 35.9 Å². The monoisotopic (exact) mass is 298 g/mol. The highest BCUT2D eigenvalue weighted by Crippen LogP contribution is 2.12. The van der Waals surface area contributed by atoms with E-state index in [1.807, 2.05) is 30.0 Å². The van der Waals surface area contributed by atoms with Gasteiger partial charge in [-0.1, -0.05) is 30.3 Å². The lowest BCUT2D eigenvalue weighted by Crippen LogP contribution is -2.47. The number of morpholine rings is 1. The minimum Gasteiger partial charge on any atom is -0.374 e. The number of ether oxygens (including phenoxy) is 1. The van der Waals surface area contributed by atoms with Crippen LogP contribution in [0, 0.1) is 0 Å². The molecular formula is C15H23ClN2O2. The fourth-order valence-electron chi connectivity index (χ4n) is 2.35. The first kappa shape index (κ1) is 17.0. The van der Waals surface area contributed by atoms with Gasteiger partial charge in [-0.3, -0.25) is 4.79 Å². The van der Waals surface area contributed by atoms with Crippen molar-refractivity contribution < 1.29 is 9.53 Å². The van der Waals surface area contributed by atoms with Crippen LogP contribution < -0.4 is 5.73 Å². The molecule has 1 aromatic rings. The van der Waals surface area contributed by atoms with Crippen LogP contribution in [0.25, 0.3) is 0 Å². The molecule has 1 aliphatic rings. The number of benzene rings is 1. The average molecular weight is 299 g/mol. The van der Waals surface area contributed by atoms with Gasteiger partial charge in [0.2, 0.25) is 5.91 Å². The van der Waals surface area contributed by atoms with Crippen molar-refractivity contribution in [1.82, 2.24) is 4.90 Å². The van der Waals surface area contributed by atoms with Gasteiger partial charge in [-0.25, -0.2) is 0 Å². The molecule has 2 unspecified atom stereocenters. The number of amides is 1. The number of halogens is 1. The normalized spacial score (nSPS) is 20.1. The van der Waals surface area contributed by atoms with Gasteiger partial charge in [0, 0.05) is 32.0 Å². The molecule has 0 aromatic heterocycles. The van der Waals surface area contributed by atoms with Gasteiger partial charge >= 0.3 is 0 Å². The Morgan fingerprint density at radius 3 is 2.80 bits per heavy atom. The largest absolute Gasteiger partial charge is 0.374 e. The molecule has 0 radical (unpaired) electrons. The van der Waals surface area contributed by atoms with Crippen LogP contribution in [-0.2, 0) is 16.0 Å². The molecule has 1 amide bonds. The molecule has 2 atom stereocenters. The molecular weight excluding hydrogens is 276 g/mol. The number of nitrogens with zero attached hydrogens (tertiary/aromatic N) is 1. The molecule has 112 valence electrons. The smallest absolute Gasteiger partial charge is 0.224 e. The van der Waals surface area contributed by atoms with Crippen LogP contribution in [0.4, 0.5) is 0 Å². The molecule has 1 heterocycles. The summed E-state index contributed by atoms with van der Waals surface area (Å²) in [7, 11) is 0. The lowest BCUT2D eigenvalue weighted by molar-refractivity contribution is -0.139. The Bertz CT molecular complexity index is 412. The second-order valence-electron chi connectivity index (χ2n) is 5.20. The van der Waals surface area contributed by atoms with Crippen LogP contribution in [0.5, 0.6) is 0 Å². The summed E-state index contributed by atoms with van der Waals surface area (Å²) in [6.07, 6.45) is 1.36. The topological polar surface area (TPSA) is 55.6 Å². The lowest BCUT2D eigenvalue weighted by Gasteiger charge is -2.33. The Hall–Kier alpha value is -1.10. The molecule has 0 bridgehead atoms. The standard InChI is InChI=1S/C15H22N2O2.ClH/c1-12(16)9-15(18)17-7-8-19-14(11-17)10-13-5-3-2-4-6-13;/h2-6,12,14H,7-11,16H2,1H3;1H. The fraction of sp³-hybridized carbons (Fsp3) is 0.533. The number of hydrogen-bond acceptors (Lipinski definition) is 3. The molecule has 0 aliphatic carbocycles. The Kier molecular flexibility index (Phi) is 6.99. The van der Waals surface area contributed by atoms with E-state index < -0.39 is 0 Å². The maximum Gasteiger partial charge on any atom is 0.224 e. The lowest BCUT2D eigenvalue weighted by atomic mass is 10.1. The first-order chi connectivity index (χ1) is 9.15. The Labute approximate surface area is 126 Å². The number of hydrogen-bond donors (Lipinski definition) is 1. The summed E-state index contributed by atoms with van der Waals surface area (Å²) in [4.78, 5) is 13.9. The molecule has 4 nitrogen and oxygen atoms in total. The van der Waals surface area contributed by atoms with Crippen molar-refractivity contribution in [2.45, 2.75) is 31.9 Å². The van der Waals surface area contributed by atoms with Crippen molar-refractivity contribution in [3.8, 4) is 0 Å². The zero-order valence-corrected chi connectivity index (χ0v) is 12.6. The minimum atomic E-state index is -0.0806. The van der Waals surface area contributed by atoms with E-state index in [9.17, 15) is 4.79 Å². The van der Waals surface area contributed by atoms with Gasteiger partial charge in [0.25, 0.3) is 0 Å². The van der Waals surface area contributed by atoms with E-state index in [-0.39, 0.29) is 30.5 Å². The van der Waals surface area contributed by atoms with Crippen LogP contribution in [0.15, 0.2) is 30.3 Å². The van der Waals surface area contributed by atoms with Crippen molar-refractivity contribution in [2.24, 2.45) is 5.73 Å². The summed E-state index contributed by atoms with van der Waals surface area (Å²) in [5, 5.41) is 0. The van der Waals surface area contributed by atoms with E-state index in [2.05, 4.69) is 12.1 Å². The molecule has 1 aromatic carbocycles. The van der Waals surface area contributed by atoms with Crippen molar-refractivity contribution in [3.63, 3.8) is 0 Å². The summed E-state index contributed by atoms with van der Waals surface area (Å²) in [5.74, 6) is 0.136. The maximum absolute atomic E-state index is 12.0. The predicted molar refractivity (Wildman–Crippen MR) is 82.0 cm³/mol. The molecule has 1 saturated heterocycles. The summed E-state index contributed by atoms with van der Waals surface area (Å²) >= 11 is 0. The van der Waals surface area contributed by atoms with Crippen LogP contribution in [-0.4, -0.2) is 42.6 Å². The highest BCUT2D eigenvalue weighted by molar-refractivity contribution is 5.85. The number of carbonyl (C=O) groups is 1. The molecule has 5 heteroatoms. The second kappa shape index (κ2) is 8.25. The summed E-state index contributed by atoms with van der Waals surface area (Å²) < 4.78 is 5.74. The number of nitrogens with two attached hydrogens (primary N) is 1. The van der Waals surface area contributed by atoms with E-state index in [0.29, 0.717) is 26.1 Å². The van der Waals surface area contributed by atoms with Crippen LogP contribution in [0.3, 0.4) is 0 Å². The van der Waals surface area contributed by atoms with Gasteiger partial charge < -0.3 is 15.4 Å². The minimum absolute atomic E-state index is 0. The highest BCUT2D eigenvalue weighted by Gasteiger charge is 2.24. The van der Waals surface area contributed by atoms with Crippen molar-refractivity contribution in [1.29, 1.82) is 0 Å². The van der Waals surface area contributed by atoms with Crippen molar-refractivity contribution in [2.75, 3.05) is 19.7 Å². The van der Waals surface area contributed by atoms with Gasteiger partial charge in [-0.15, -0.1) is 12.4 Å². The van der Waals surface area contributed by atoms with E-state index in [1.54, 1.807) is 0 Å². The molecule has 0 saturated carbocycles. The third-order valence-electron chi connectivity index (χ3n) is 3.29. The van der Waals surface area contributed by atoms with Gasteiger partial charge in [-0.05, 0) is 12.5 Å². The van der Waals surface area contributed by atoms with E-state index in [4.69, 9.17) is 10.5 Å². The van der Waals surface area contributed by atoms with E-state index >= 15 is 0 Å². The first-order valence-electron chi connectivity index (χ1n) is 6.84. The second-order valence-corrected chi connectivity index (χ2v) is 5.20. The highest BCUT2D eigenvalue weighted by atomic mass is 35.5. The van der Waals surface area contributed by atoms with Gasteiger partial charge in [0.15, 0.2) is 0 Å².